The van der Waals surface area contributed by atoms with Crippen LogP contribution in [0.1, 0.15) is 44.0 Å². The Bertz CT molecular complexity index is 419. The lowest BCUT2D eigenvalue weighted by Crippen LogP contribution is -2.41. The lowest BCUT2D eigenvalue weighted by atomic mass is 9.94. The Morgan fingerprint density at radius 3 is 2.58 bits per heavy atom. The molecule has 1 aliphatic rings. The Kier molecular flexibility index (Phi) is 4.38. The van der Waals surface area contributed by atoms with Crippen LogP contribution in [0.5, 0.6) is 0 Å². The summed E-state index contributed by atoms with van der Waals surface area (Å²) < 4.78 is 11.5. The number of carbonyl (C=O) groups excluding carboxylic acids is 1. The van der Waals surface area contributed by atoms with Crippen molar-refractivity contribution in [2.45, 2.75) is 46.0 Å². The Labute approximate surface area is 114 Å². The van der Waals surface area contributed by atoms with Crippen LogP contribution < -0.4 is 0 Å². The molecule has 1 saturated heterocycles. The summed E-state index contributed by atoms with van der Waals surface area (Å²) in [4.78, 5) is 12.1. The lowest BCUT2D eigenvalue weighted by Gasteiger charge is -2.37. The van der Waals surface area contributed by atoms with Gasteiger partial charge in [-0.2, -0.15) is 0 Å². The number of rotatable bonds is 3. The summed E-state index contributed by atoms with van der Waals surface area (Å²) in [6, 6.07) is 9.38. The van der Waals surface area contributed by atoms with Gasteiger partial charge in [0.15, 0.2) is 12.1 Å². The average molecular weight is 262 g/mol. The zero-order valence-corrected chi connectivity index (χ0v) is 11.9. The molecule has 2 atom stereocenters. The molecule has 1 aromatic rings. The second kappa shape index (κ2) is 5.85. The van der Waals surface area contributed by atoms with Crippen molar-refractivity contribution in [2.75, 3.05) is 6.61 Å². The molecule has 0 unspecified atom stereocenters. The third-order valence-electron chi connectivity index (χ3n) is 3.24. The third kappa shape index (κ3) is 3.88. The first-order chi connectivity index (χ1) is 8.97. The fraction of sp³-hybridized carbons (Fsp3) is 0.562. The van der Waals surface area contributed by atoms with Crippen molar-refractivity contribution in [3.05, 3.63) is 35.9 Å². The predicted molar refractivity (Wildman–Crippen MR) is 74.1 cm³/mol. The maximum atomic E-state index is 12.1. The highest BCUT2D eigenvalue weighted by Crippen LogP contribution is 2.29. The summed E-state index contributed by atoms with van der Waals surface area (Å²) in [7, 11) is 0. The highest BCUT2D eigenvalue weighted by molar-refractivity contribution is 5.96. The first-order valence-electron chi connectivity index (χ1n) is 6.82. The Morgan fingerprint density at radius 1 is 1.26 bits per heavy atom. The molecule has 0 aliphatic carbocycles. The molecular formula is C16H22O3. The van der Waals surface area contributed by atoms with E-state index in [0.717, 1.165) is 12.0 Å². The Balaban J connectivity index is 1.94. The van der Waals surface area contributed by atoms with Crippen LogP contribution in [0.2, 0.25) is 0 Å². The minimum atomic E-state index is -0.227. The summed E-state index contributed by atoms with van der Waals surface area (Å²) in [6.45, 7) is 6.91. The second-order valence-corrected chi connectivity index (χ2v) is 6.11. The van der Waals surface area contributed by atoms with Crippen molar-refractivity contribution < 1.29 is 14.3 Å². The summed E-state index contributed by atoms with van der Waals surface area (Å²) in [6.07, 6.45) is 0.950. The highest BCUT2D eigenvalue weighted by atomic mass is 16.7. The molecule has 0 spiro atoms. The largest absolute Gasteiger partial charge is 0.352 e. The van der Waals surface area contributed by atoms with Crippen molar-refractivity contribution in [3.8, 4) is 0 Å². The molecule has 1 aliphatic heterocycles. The maximum Gasteiger partial charge on any atom is 0.165 e. The van der Waals surface area contributed by atoms with Crippen LogP contribution in [0.4, 0.5) is 0 Å². The number of ketones is 1. The fourth-order valence-corrected chi connectivity index (χ4v) is 2.14. The van der Waals surface area contributed by atoms with Gasteiger partial charge < -0.3 is 9.47 Å². The molecule has 1 fully saturated rings. The number of carbonyl (C=O) groups is 1. The highest BCUT2D eigenvalue weighted by Gasteiger charge is 2.33. The van der Waals surface area contributed by atoms with E-state index in [1.807, 2.05) is 30.3 Å². The lowest BCUT2D eigenvalue weighted by molar-refractivity contribution is -0.251. The summed E-state index contributed by atoms with van der Waals surface area (Å²) in [5.74, 6) is 0.139. The van der Waals surface area contributed by atoms with E-state index < -0.39 is 0 Å². The van der Waals surface area contributed by atoms with Gasteiger partial charge in [0, 0.05) is 17.4 Å². The van der Waals surface area contributed by atoms with Gasteiger partial charge in [-0.1, -0.05) is 51.1 Å². The third-order valence-corrected chi connectivity index (χ3v) is 3.24. The number of hydrogen-bond acceptors (Lipinski definition) is 3. The Hall–Kier alpha value is -1.19. The van der Waals surface area contributed by atoms with Crippen LogP contribution in [0.25, 0.3) is 0 Å². The molecule has 1 aromatic carbocycles. The van der Waals surface area contributed by atoms with E-state index in [2.05, 4.69) is 20.8 Å². The Morgan fingerprint density at radius 2 is 1.95 bits per heavy atom. The van der Waals surface area contributed by atoms with Gasteiger partial charge in [-0.15, -0.1) is 0 Å². The van der Waals surface area contributed by atoms with Crippen LogP contribution >= 0.6 is 0 Å². The molecule has 3 heteroatoms. The molecule has 0 N–H and O–H groups in total. The smallest absolute Gasteiger partial charge is 0.165 e. The molecule has 1 heterocycles. The van der Waals surface area contributed by atoms with Crippen molar-refractivity contribution in [1.82, 2.24) is 0 Å². The van der Waals surface area contributed by atoms with Gasteiger partial charge in [-0.05, 0) is 6.42 Å². The summed E-state index contributed by atoms with van der Waals surface area (Å²) in [5, 5.41) is 0. The zero-order chi connectivity index (χ0) is 13.9. The molecule has 0 saturated carbocycles. The molecule has 2 rings (SSSR count). The molecule has 0 bridgehead atoms. The van der Waals surface area contributed by atoms with Gasteiger partial charge in [0.25, 0.3) is 0 Å². The van der Waals surface area contributed by atoms with E-state index in [1.54, 1.807) is 0 Å². The van der Waals surface area contributed by atoms with E-state index in [9.17, 15) is 4.79 Å². The van der Waals surface area contributed by atoms with Crippen LogP contribution in [0.3, 0.4) is 0 Å². The molecular weight excluding hydrogens is 240 g/mol. The van der Waals surface area contributed by atoms with Crippen molar-refractivity contribution in [1.29, 1.82) is 0 Å². The van der Waals surface area contributed by atoms with Gasteiger partial charge in [0.2, 0.25) is 0 Å². The molecule has 104 valence electrons. The number of ether oxygens (including phenoxy) is 2. The van der Waals surface area contributed by atoms with Gasteiger partial charge in [0.05, 0.1) is 12.7 Å². The van der Waals surface area contributed by atoms with Gasteiger partial charge in [-0.3, -0.25) is 4.79 Å². The molecule has 0 amide bonds. The fourth-order valence-electron chi connectivity index (χ4n) is 2.14. The molecule has 3 nitrogen and oxygen atoms in total. The first-order valence-corrected chi connectivity index (χ1v) is 6.82. The minimum Gasteiger partial charge on any atom is -0.352 e. The normalized spacial score (nSPS) is 24.2. The maximum absolute atomic E-state index is 12.1. The summed E-state index contributed by atoms with van der Waals surface area (Å²) >= 11 is 0. The standard InChI is InChI=1S/C16H22O3/c1-16(2,3)15-18-10-9-13(19-15)11-14(17)12-7-5-4-6-8-12/h4-8,13,15H,9-11H2,1-3H3/t13-,15-/m0/s1. The van der Waals surface area contributed by atoms with E-state index in [4.69, 9.17) is 9.47 Å². The van der Waals surface area contributed by atoms with Crippen molar-refractivity contribution >= 4 is 5.78 Å². The molecule has 0 aromatic heterocycles. The van der Waals surface area contributed by atoms with Crippen molar-refractivity contribution in [3.63, 3.8) is 0 Å². The van der Waals surface area contributed by atoms with Gasteiger partial charge >= 0.3 is 0 Å². The molecule has 19 heavy (non-hydrogen) atoms. The zero-order valence-electron chi connectivity index (χ0n) is 11.9. The monoisotopic (exact) mass is 262 g/mol. The number of benzene rings is 1. The van der Waals surface area contributed by atoms with E-state index in [-0.39, 0.29) is 23.6 Å². The van der Waals surface area contributed by atoms with E-state index in [0.29, 0.717) is 13.0 Å². The summed E-state index contributed by atoms with van der Waals surface area (Å²) in [5.41, 5.74) is 0.693. The first kappa shape index (κ1) is 14.2. The van der Waals surface area contributed by atoms with Crippen LogP contribution in [-0.2, 0) is 9.47 Å². The SMILES string of the molecule is CC(C)(C)[C@H]1OCC[C@@H](CC(=O)c2ccccc2)O1. The second-order valence-electron chi connectivity index (χ2n) is 6.11. The quantitative estimate of drug-likeness (QED) is 0.783. The van der Waals surface area contributed by atoms with Crippen molar-refractivity contribution in [2.24, 2.45) is 5.41 Å². The van der Waals surface area contributed by atoms with Crippen LogP contribution in [0.15, 0.2) is 30.3 Å². The minimum absolute atomic E-state index is 0.0364. The average Bonchev–Trinajstić information content (AvgIpc) is 2.39. The van der Waals surface area contributed by atoms with E-state index in [1.165, 1.54) is 0 Å². The van der Waals surface area contributed by atoms with E-state index >= 15 is 0 Å². The van der Waals surface area contributed by atoms with Crippen LogP contribution in [-0.4, -0.2) is 24.8 Å². The van der Waals surface area contributed by atoms with Gasteiger partial charge in [-0.25, -0.2) is 0 Å². The predicted octanol–water partition coefficient (Wildman–Crippen LogP) is 3.44. The number of hydrogen-bond donors (Lipinski definition) is 0. The molecule has 0 radical (unpaired) electrons. The van der Waals surface area contributed by atoms with Crippen LogP contribution in [0, 0.1) is 5.41 Å². The van der Waals surface area contributed by atoms with Gasteiger partial charge in [0.1, 0.15) is 0 Å². The number of Topliss-reactive ketones (excluding diaryl/α,β-unsaturated/α-hetero) is 1. The topological polar surface area (TPSA) is 35.5 Å².